The van der Waals surface area contributed by atoms with Crippen LogP contribution in [0.4, 0.5) is 0 Å². The molecule has 115 valence electrons. The monoisotopic (exact) mass is 298 g/mol. The Balaban J connectivity index is 1.90. The van der Waals surface area contributed by atoms with Gasteiger partial charge in [-0.25, -0.2) is 0 Å². The Morgan fingerprint density at radius 3 is 2.64 bits per heavy atom. The highest BCUT2D eigenvalue weighted by Gasteiger charge is 2.22. The van der Waals surface area contributed by atoms with Gasteiger partial charge < -0.3 is 14.5 Å². The van der Waals surface area contributed by atoms with Gasteiger partial charge in [-0.1, -0.05) is 12.1 Å². The number of ether oxygens (including phenoxy) is 1. The number of hydrogen-bond donors (Lipinski definition) is 1. The van der Waals surface area contributed by atoms with Gasteiger partial charge >= 0.3 is 7.48 Å². The van der Waals surface area contributed by atoms with Crippen molar-refractivity contribution in [1.29, 1.82) is 0 Å². The van der Waals surface area contributed by atoms with Gasteiger partial charge in [0.05, 0.1) is 11.7 Å². The van der Waals surface area contributed by atoms with Gasteiger partial charge in [0, 0.05) is 12.4 Å². The summed E-state index contributed by atoms with van der Waals surface area (Å²) in [5, 5.41) is 9.85. The smallest absolute Gasteiger partial charge is 0.330 e. The van der Waals surface area contributed by atoms with Gasteiger partial charge in [0.15, 0.2) is 0 Å². The minimum Gasteiger partial charge on any atom is -0.489 e. The van der Waals surface area contributed by atoms with E-state index < -0.39 is 5.60 Å². The second-order valence-electron chi connectivity index (χ2n) is 5.77. The molecule has 0 amide bonds. The van der Waals surface area contributed by atoms with E-state index >= 15 is 0 Å². The molecule has 0 saturated heterocycles. The summed E-state index contributed by atoms with van der Waals surface area (Å²) in [5.74, 6) is 0.769. The van der Waals surface area contributed by atoms with E-state index in [4.69, 9.17) is 9.39 Å². The molecule has 0 aliphatic rings. The van der Waals surface area contributed by atoms with Crippen LogP contribution in [0.2, 0.25) is 0 Å². The van der Waals surface area contributed by atoms with Crippen molar-refractivity contribution in [3.63, 3.8) is 0 Å². The van der Waals surface area contributed by atoms with E-state index in [9.17, 15) is 5.11 Å². The fourth-order valence-corrected chi connectivity index (χ4v) is 1.67. The second-order valence-corrected chi connectivity index (χ2v) is 5.77. The maximum Gasteiger partial charge on any atom is 0.330 e. The van der Waals surface area contributed by atoms with Gasteiger partial charge in [0.1, 0.15) is 12.4 Å². The number of hydrogen-bond acceptors (Lipinski definition) is 4. The molecule has 1 N–H and O–H groups in total. The highest BCUT2D eigenvalue weighted by Crippen LogP contribution is 2.12. The van der Waals surface area contributed by atoms with Crippen molar-refractivity contribution in [2.75, 3.05) is 0 Å². The minimum absolute atomic E-state index is 0.297. The van der Waals surface area contributed by atoms with E-state index in [0.717, 1.165) is 16.8 Å². The molecule has 5 heteroatoms. The van der Waals surface area contributed by atoms with Gasteiger partial charge in [0.25, 0.3) is 0 Å². The molecule has 1 atom stereocenters. The summed E-state index contributed by atoms with van der Waals surface area (Å²) in [6.45, 7) is 5.77. The molecule has 0 aliphatic carbocycles. The largest absolute Gasteiger partial charge is 0.489 e. The zero-order valence-corrected chi connectivity index (χ0v) is 13.2. The molecule has 0 fully saturated rings. The first-order valence-corrected chi connectivity index (χ1v) is 7.28. The Morgan fingerprint density at radius 2 is 1.95 bits per heavy atom. The predicted molar refractivity (Wildman–Crippen MR) is 87.2 cm³/mol. The first-order valence-electron chi connectivity index (χ1n) is 7.28. The summed E-state index contributed by atoms with van der Waals surface area (Å²) in [6.07, 6.45) is 3.19. The third-order valence-corrected chi connectivity index (χ3v) is 3.42. The summed E-state index contributed by atoms with van der Waals surface area (Å²) in [5.41, 5.74) is 1.07. The van der Waals surface area contributed by atoms with Gasteiger partial charge in [0.2, 0.25) is 0 Å². The van der Waals surface area contributed by atoms with E-state index in [2.05, 4.69) is 4.98 Å². The highest BCUT2D eigenvalue weighted by molar-refractivity contribution is 6.47. The minimum atomic E-state index is -0.883. The van der Waals surface area contributed by atoms with Gasteiger partial charge in [-0.15, -0.1) is 0 Å². The molecule has 2 rings (SSSR count). The van der Waals surface area contributed by atoms with Crippen LogP contribution in [0.3, 0.4) is 0 Å². The topological polar surface area (TPSA) is 51.6 Å². The van der Waals surface area contributed by atoms with E-state index in [1.165, 1.54) is 0 Å². The van der Waals surface area contributed by atoms with E-state index in [1.54, 1.807) is 33.7 Å². The van der Waals surface area contributed by atoms with Crippen molar-refractivity contribution < 1.29 is 14.5 Å². The van der Waals surface area contributed by atoms with Crippen LogP contribution < -0.4 is 10.2 Å². The lowest BCUT2D eigenvalue weighted by Crippen LogP contribution is -2.38. The van der Waals surface area contributed by atoms with E-state index in [1.807, 2.05) is 43.3 Å². The lowest BCUT2D eigenvalue weighted by atomic mass is 9.86. The maximum atomic E-state index is 9.85. The second kappa shape index (κ2) is 7.43. The van der Waals surface area contributed by atoms with Crippen LogP contribution in [0.5, 0.6) is 5.75 Å². The van der Waals surface area contributed by atoms with Crippen molar-refractivity contribution >= 4 is 12.9 Å². The zero-order valence-electron chi connectivity index (χ0n) is 13.2. The van der Waals surface area contributed by atoms with Crippen LogP contribution >= 0.6 is 0 Å². The van der Waals surface area contributed by atoms with Crippen molar-refractivity contribution in [1.82, 2.24) is 4.98 Å². The van der Waals surface area contributed by atoms with Crippen molar-refractivity contribution in [2.24, 2.45) is 0 Å². The fraction of sp³-hybridized carbons (Fsp3) is 0.353. The van der Waals surface area contributed by atoms with Crippen LogP contribution in [0, 0.1) is 0 Å². The predicted octanol–water partition coefficient (Wildman–Crippen LogP) is 2.08. The SMILES string of the molecule is CC(O[B]c1cccc(OCc2ccncc2)c1)C(C)(C)O. The van der Waals surface area contributed by atoms with Crippen LogP contribution in [0.1, 0.15) is 26.3 Å². The summed E-state index contributed by atoms with van der Waals surface area (Å²) in [7, 11) is 1.64. The molecule has 0 saturated carbocycles. The molecule has 1 heterocycles. The van der Waals surface area contributed by atoms with Crippen LogP contribution in [0.25, 0.3) is 0 Å². The van der Waals surface area contributed by atoms with E-state index in [0.29, 0.717) is 6.61 Å². The molecule has 1 aromatic heterocycles. The number of pyridine rings is 1. The molecule has 4 nitrogen and oxygen atoms in total. The summed E-state index contributed by atoms with van der Waals surface area (Å²) >= 11 is 0. The number of benzene rings is 1. The molecule has 1 aromatic carbocycles. The first-order chi connectivity index (χ1) is 10.4. The molecular weight excluding hydrogens is 277 g/mol. The molecule has 0 spiro atoms. The third kappa shape index (κ3) is 5.17. The van der Waals surface area contributed by atoms with Crippen molar-refractivity contribution in [2.45, 2.75) is 39.1 Å². The molecular formula is C17H21BNO3. The van der Waals surface area contributed by atoms with E-state index in [-0.39, 0.29) is 6.10 Å². The van der Waals surface area contributed by atoms with Gasteiger partial charge in [-0.2, -0.15) is 0 Å². The fourth-order valence-electron chi connectivity index (χ4n) is 1.67. The normalized spacial score (nSPS) is 12.7. The Kier molecular flexibility index (Phi) is 5.58. The Labute approximate surface area is 132 Å². The molecule has 1 radical (unpaired) electrons. The van der Waals surface area contributed by atoms with Gasteiger partial charge in [-0.05, 0) is 56.1 Å². The van der Waals surface area contributed by atoms with Crippen LogP contribution in [-0.2, 0) is 11.3 Å². The molecule has 0 aliphatic heterocycles. The Morgan fingerprint density at radius 1 is 1.23 bits per heavy atom. The average Bonchev–Trinajstić information content (AvgIpc) is 2.51. The number of nitrogens with zero attached hydrogens (tertiary/aromatic N) is 1. The summed E-state index contributed by atoms with van der Waals surface area (Å²) < 4.78 is 11.3. The lowest BCUT2D eigenvalue weighted by molar-refractivity contribution is -0.0223. The quantitative estimate of drug-likeness (QED) is 0.795. The van der Waals surface area contributed by atoms with Crippen molar-refractivity contribution in [3.8, 4) is 5.75 Å². The third-order valence-electron chi connectivity index (χ3n) is 3.42. The molecule has 2 aromatic rings. The number of aromatic nitrogens is 1. The van der Waals surface area contributed by atoms with Gasteiger partial charge in [-0.3, -0.25) is 4.98 Å². The number of rotatable bonds is 7. The Hall–Kier alpha value is -1.85. The standard InChI is InChI=1S/C17H21BNO3/c1-13(17(2,3)20)22-18-15-5-4-6-16(11-15)21-12-14-7-9-19-10-8-14/h4-11,13,20H,12H2,1-3H3. The average molecular weight is 298 g/mol. The molecule has 0 bridgehead atoms. The molecule has 1 unspecified atom stereocenters. The number of aliphatic hydroxyl groups is 1. The zero-order chi connectivity index (χ0) is 16.0. The van der Waals surface area contributed by atoms with Crippen molar-refractivity contribution in [3.05, 3.63) is 54.4 Å². The lowest BCUT2D eigenvalue weighted by Gasteiger charge is -2.26. The molecule has 22 heavy (non-hydrogen) atoms. The maximum absolute atomic E-state index is 9.85. The Bertz CT molecular complexity index is 584. The highest BCUT2D eigenvalue weighted by atomic mass is 16.5. The van der Waals surface area contributed by atoms with Crippen LogP contribution in [-0.4, -0.2) is 29.3 Å². The first kappa shape index (κ1) is 16.5. The summed E-state index contributed by atoms with van der Waals surface area (Å²) in [6, 6.07) is 11.5. The summed E-state index contributed by atoms with van der Waals surface area (Å²) in [4.78, 5) is 3.98. The van der Waals surface area contributed by atoms with Crippen LogP contribution in [0.15, 0.2) is 48.8 Å².